The van der Waals surface area contributed by atoms with Gasteiger partial charge in [0.2, 0.25) is 0 Å². The van der Waals surface area contributed by atoms with Crippen molar-refractivity contribution in [2.24, 2.45) is 11.8 Å². The Morgan fingerprint density at radius 2 is 2.35 bits per heavy atom. The van der Waals surface area contributed by atoms with Gasteiger partial charge in [0, 0.05) is 4.88 Å². The van der Waals surface area contributed by atoms with E-state index in [2.05, 4.69) is 6.92 Å². The molecule has 1 aromatic heterocycles. The summed E-state index contributed by atoms with van der Waals surface area (Å²) in [6, 6.07) is 3.79. The summed E-state index contributed by atoms with van der Waals surface area (Å²) in [4.78, 5) is 12.2. The Morgan fingerprint density at radius 3 is 2.94 bits per heavy atom. The van der Waals surface area contributed by atoms with Crippen molar-refractivity contribution in [1.29, 1.82) is 0 Å². The minimum Gasteiger partial charge on any atom is -0.478 e. The van der Waals surface area contributed by atoms with Crippen LogP contribution in [0.4, 0.5) is 0 Å². The van der Waals surface area contributed by atoms with Crippen LogP contribution >= 0.6 is 11.3 Å². The monoisotopic (exact) mass is 250 g/mol. The molecule has 1 saturated carbocycles. The molecule has 17 heavy (non-hydrogen) atoms. The van der Waals surface area contributed by atoms with Crippen molar-refractivity contribution in [3.8, 4) is 0 Å². The van der Waals surface area contributed by atoms with Gasteiger partial charge in [-0.3, -0.25) is 0 Å². The Bertz CT molecular complexity index is 406. The first-order valence-corrected chi connectivity index (χ1v) is 7.03. The standard InChI is InChI=1S/C14H18O2S/c1-10-4-2-5-11(8-10)9-12(14(15)16)13-6-3-7-17-13/h3,6-7,9-11H,2,4-5,8H2,1H3,(H,15,16). The molecule has 2 nitrogen and oxygen atoms in total. The highest BCUT2D eigenvalue weighted by Gasteiger charge is 2.20. The van der Waals surface area contributed by atoms with Crippen molar-refractivity contribution in [2.45, 2.75) is 32.6 Å². The van der Waals surface area contributed by atoms with E-state index in [1.165, 1.54) is 24.2 Å². The lowest BCUT2D eigenvalue weighted by Crippen LogP contribution is -2.12. The molecule has 1 N–H and O–H groups in total. The Labute approximate surface area is 106 Å². The lowest BCUT2D eigenvalue weighted by atomic mass is 9.81. The van der Waals surface area contributed by atoms with Crippen LogP contribution in [0.3, 0.4) is 0 Å². The number of carbonyl (C=O) groups is 1. The first-order valence-electron chi connectivity index (χ1n) is 6.16. The minimum atomic E-state index is -0.800. The highest BCUT2D eigenvalue weighted by Crippen LogP contribution is 2.32. The fraction of sp³-hybridized carbons (Fsp3) is 0.500. The second kappa shape index (κ2) is 5.50. The number of hydrogen-bond acceptors (Lipinski definition) is 2. The van der Waals surface area contributed by atoms with Crippen LogP contribution in [0, 0.1) is 11.8 Å². The SMILES string of the molecule is CC1CCCC(C=C(C(=O)O)c2cccs2)C1. The summed E-state index contributed by atoms with van der Waals surface area (Å²) >= 11 is 1.50. The number of allylic oxidation sites excluding steroid dienone is 1. The molecule has 1 aromatic rings. The number of aliphatic carboxylic acids is 1. The number of thiophene rings is 1. The second-order valence-corrected chi connectivity index (χ2v) is 5.84. The summed E-state index contributed by atoms with van der Waals surface area (Å²) in [6.45, 7) is 2.26. The Kier molecular flexibility index (Phi) is 4.00. The number of carboxylic acid groups (broad SMARTS) is 1. The molecule has 0 saturated heterocycles. The minimum absolute atomic E-state index is 0.437. The first-order chi connectivity index (χ1) is 8.16. The molecule has 1 aliphatic carbocycles. The van der Waals surface area contributed by atoms with E-state index < -0.39 is 5.97 Å². The summed E-state index contributed by atoms with van der Waals surface area (Å²) in [5, 5.41) is 11.2. The predicted molar refractivity (Wildman–Crippen MR) is 71.1 cm³/mol. The third-order valence-electron chi connectivity index (χ3n) is 3.40. The molecule has 0 aliphatic heterocycles. The summed E-state index contributed by atoms with van der Waals surface area (Å²) < 4.78 is 0. The van der Waals surface area contributed by atoms with Gasteiger partial charge in [-0.2, -0.15) is 0 Å². The number of rotatable bonds is 3. The molecule has 3 heteroatoms. The van der Waals surface area contributed by atoms with E-state index in [4.69, 9.17) is 0 Å². The molecule has 0 aromatic carbocycles. The van der Waals surface area contributed by atoms with Crippen molar-refractivity contribution in [1.82, 2.24) is 0 Å². The van der Waals surface area contributed by atoms with Gasteiger partial charge in [0.1, 0.15) is 0 Å². The molecule has 0 spiro atoms. The zero-order valence-electron chi connectivity index (χ0n) is 10.1. The second-order valence-electron chi connectivity index (χ2n) is 4.89. The van der Waals surface area contributed by atoms with Crippen molar-refractivity contribution >= 4 is 22.9 Å². The van der Waals surface area contributed by atoms with Crippen molar-refractivity contribution in [3.05, 3.63) is 28.5 Å². The van der Waals surface area contributed by atoms with Gasteiger partial charge >= 0.3 is 5.97 Å². The normalized spacial score (nSPS) is 25.8. The average Bonchev–Trinajstić information content (AvgIpc) is 2.78. The van der Waals surface area contributed by atoms with Gasteiger partial charge < -0.3 is 5.11 Å². The van der Waals surface area contributed by atoms with Gasteiger partial charge in [-0.05, 0) is 36.1 Å². The van der Waals surface area contributed by atoms with Crippen LogP contribution in [0.2, 0.25) is 0 Å². The predicted octanol–water partition coefficient (Wildman–Crippen LogP) is 4.04. The van der Waals surface area contributed by atoms with Crippen LogP contribution in [0.15, 0.2) is 23.6 Å². The average molecular weight is 250 g/mol. The van der Waals surface area contributed by atoms with Crippen LogP contribution in [-0.2, 0) is 4.79 Å². The molecule has 1 aliphatic rings. The van der Waals surface area contributed by atoms with Crippen molar-refractivity contribution < 1.29 is 9.90 Å². The molecule has 0 bridgehead atoms. The van der Waals surface area contributed by atoms with Crippen molar-refractivity contribution in [3.63, 3.8) is 0 Å². The summed E-state index contributed by atoms with van der Waals surface area (Å²) in [5.74, 6) is 0.362. The molecular formula is C14H18O2S. The van der Waals surface area contributed by atoms with Crippen LogP contribution in [0.1, 0.15) is 37.5 Å². The molecule has 2 rings (SSSR count). The van der Waals surface area contributed by atoms with E-state index in [0.717, 1.165) is 23.6 Å². The Balaban J connectivity index is 2.18. The molecule has 2 unspecified atom stereocenters. The number of carboxylic acids is 1. The zero-order valence-corrected chi connectivity index (χ0v) is 10.9. The fourth-order valence-electron chi connectivity index (χ4n) is 2.56. The van der Waals surface area contributed by atoms with E-state index in [-0.39, 0.29) is 0 Å². The zero-order chi connectivity index (χ0) is 12.3. The van der Waals surface area contributed by atoms with E-state index in [1.54, 1.807) is 0 Å². The van der Waals surface area contributed by atoms with Crippen LogP contribution in [0.5, 0.6) is 0 Å². The fourth-order valence-corrected chi connectivity index (χ4v) is 3.30. The molecular weight excluding hydrogens is 232 g/mol. The largest absolute Gasteiger partial charge is 0.478 e. The van der Waals surface area contributed by atoms with Crippen LogP contribution in [-0.4, -0.2) is 11.1 Å². The highest BCUT2D eigenvalue weighted by molar-refractivity contribution is 7.11. The molecule has 1 fully saturated rings. The maximum absolute atomic E-state index is 11.3. The lowest BCUT2D eigenvalue weighted by Gasteiger charge is -2.24. The van der Waals surface area contributed by atoms with E-state index in [1.807, 2.05) is 23.6 Å². The maximum Gasteiger partial charge on any atom is 0.336 e. The van der Waals surface area contributed by atoms with Gasteiger partial charge in [-0.15, -0.1) is 11.3 Å². The third-order valence-corrected chi connectivity index (χ3v) is 4.30. The van der Waals surface area contributed by atoms with Crippen molar-refractivity contribution in [2.75, 3.05) is 0 Å². The van der Waals surface area contributed by atoms with Crippen LogP contribution in [0.25, 0.3) is 5.57 Å². The van der Waals surface area contributed by atoms with E-state index >= 15 is 0 Å². The molecule has 92 valence electrons. The Morgan fingerprint density at radius 1 is 1.53 bits per heavy atom. The van der Waals surface area contributed by atoms with Crippen LogP contribution < -0.4 is 0 Å². The topological polar surface area (TPSA) is 37.3 Å². The molecule has 0 amide bonds. The Hall–Kier alpha value is -1.09. The van der Waals surface area contributed by atoms with Gasteiger partial charge in [0.05, 0.1) is 5.57 Å². The number of hydrogen-bond donors (Lipinski definition) is 1. The van der Waals surface area contributed by atoms with E-state index in [0.29, 0.717) is 11.5 Å². The van der Waals surface area contributed by atoms with Gasteiger partial charge in [-0.1, -0.05) is 31.9 Å². The maximum atomic E-state index is 11.3. The summed E-state index contributed by atoms with van der Waals surface area (Å²) in [7, 11) is 0. The van der Waals surface area contributed by atoms with Gasteiger partial charge in [-0.25, -0.2) is 4.79 Å². The van der Waals surface area contributed by atoms with E-state index in [9.17, 15) is 9.90 Å². The molecule has 2 atom stereocenters. The highest BCUT2D eigenvalue weighted by atomic mass is 32.1. The first kappa shape index (κ1) is 12.4. The lowest BCUT2D eigenvalue weighted by molar-refractivity contribution is -0.130. The molecule has 0 radical (unpaired) electrons. The molecule has 1 heterocycles. The quantitative estimate of drug-likeness (QED) is 0.822. The third kappa shape index (κ3) is 3.19. The van der Waals surface area contributed by atoms with Gasteiger partial charge in [0.15, 0.2) is 0 Å². The smallest absolute Gasteiger partial charge is 0.336 e. The summed E-state index contributed by atoms with van der Waals surface area (Å²) in [5.41, 5.74) is 0.485. The summed E-state index contributed by atoms with van der Waals surface area (Å²) in [6.07, 6.45) is 6.74. The van der Waals surface area contributed by atoms with Gasteiger partial charge in [0.25, 0.3) is 0 Å².